The molecule has 1 saturated carbocycles. The molecule has 5 atom stereocenters. The maximum absolute atomic E-state index is 12.6. The van der Waals surface area contributed by atoms with Gasteiger partial charge in [0.2, 0.25) is 51.4 Å². The van der Waals surface area contributed by atoms with Crippen molar-refractivity contribution in [3.05, 3.63) is 29.8 Å². The van der Waals surface area contributed by atoms with E-state index in [1.54, 1.807) is 45.0 Å². The van der Waals surface area contributed by atoms with Crippen molar-refractivity contribution in [1.82, 2.24) is 36.6 Å². The predicted octanol–water partition coefficient (Wildman–Crippen LogP) is -2.31. The molecule has 14 N–H and O–H groups in total. The van der Waals surface area contributed by atoms with Gasteiger partial charge in [-0.1, -0.05) is 20.8 Å². The number of benzene rings is 1. The second-order valence-electron chi connectivity index (χ2n) is 20.2. The molecule has 0 saturated heterocycles. The van der Waals surface area contributed by atoms with Crippen molar-refractivity contribution in [2.45, 2.75) is 110 Å². The Morgan fingerprint density at radius 2 is 1.12 bits per heavy atom. The van der Waals surface area contributed by atoms with Crippen molar-refractivity contribution in [2.75, 3.05) is 89.7 Å². The van der Waals surface area contributed by atoms with Gasteiger partial charge < -0.3 is 72.5 Å². The lowest BCUT2D eigenvalue weighted by atomic mass is 9.84. The first-order chi connectivity index (χ1) is 37.9. The Hall–Kier alpha value is -6.58. The number of sulfonamides is 1. The van der Waals surface area contributed by atoms with Crippen LogP contribution in [0.2, 0.25) is 0 Å². The highest BCUT2D eigenvalue weighted by molar-refractivity contribution is 7.90. The third-order valence-corrected chi connectivity index (χ3v) is 15.0. The number of carboxylic acid groups (broad SMARTS) is 2. The maximum atomic E-state index is 12.6. The van der Waals surface area contributed by atoms with Gasteiger partial charge >= 0.3 is 11.9 Å². The highest BCUT2D eigenvalue weighted by Crippen LogP contribution is 2.63. The number of hydrogen-bond donors (Lipinski definition) is 12. The molecule has 1 aromatic carbocycles. The van der Waals surface area contributed by atoms with Gasteiger partial charge in [0, 0.05) is 56.6 Å². The fourth-order valence-corrected chi connectivity index (χ4v) is 10.6. The van der Waals surface area contributed by atoms with Crippen LogP contribution < -0.4 is 48.1 Å². The lowest BCUT2D eigenvalue weighted by Gasteiger charge is -2.26. The van der Waals surface area contributed by atoms with Gasteiger partial charge in [0.05, 0.1) is 51.1 Å². The molecule has 0 radical (unpaired) electrons. The molecule has 30 nitrogen and oxygen atoms in total. The summed E-state index contributed by atoms with van der Waals surface area (Å²) in [6.07, 6.45) is -0.271. The topological polar surface area (TPSA) is 473 Å². The van der Waals surface area contributed by atoms with Crippen molar-refractivity contribution in [2.24, 2.45) is 22.5 Å². The second-order valence-corrected chi connectivity index (χ2v) is 23.5. The molecule has 81 heavy (non-hydrogen) atoms. The van der Waals surface area contributed by atoms with Gasteiger partial charge in [-0.2, -0.15) is 8.42 Å². The van der Waals surface area contributed by atoms with Crippen LogP contribution >= 0.6 is 0 Å². The van der Waals surface area contributed by atoms with Gasteiger partial charge in [-0.15, -0.1) is 0 Å². The molecule has 4 unspecified atom stereocenters. The number of nitrogens with one attached hydrogen (secondary N) is 7. The average molecular weight is 1190 g/mol. The molecular weight excluding hydrogens is 1110 g/mol. The normalized spacial score (nSPS) is 16.1. The smallest absolute Gasteiger partial charge is 0.326 e. The summed E-state index contributed by atoms with van der Waals surface area (Å²) >= 11 is 0. The maximum Gasteiger partial charge on any atom is 0.326 e. The molecule has 0 heterocycles. The number of carbonyl (C=O) groups is 10. The third kappa shape index (κ3) is 31.3. The number of rotatable bonds is 44. The largest absolute Gasteiger partial charge is 0.480 e. The number of primary amides is 1. The Kier molecular flexibility index (Phi) is 30.7. The number of carbonyl (C=O) groups excluding carboxylic acids is 8. The average Bonchev–Trinajstić information content (AvgIpc) is 4.05. The lowest BCUT2D eigenvalue weighted by Crippen LogP contribution is -2.45. The van der Waals surface area contributed by atoms with Gasteiger partial charge in [-0.05, 0) is 86.0 Å². The van der Waals surface area contributed by atoms with Gasteiger partial charge in [-0.3, -0.25) is 47.6 Å². The van der Waals surface area contributed by atoms with Crippen molar-refractivity contribution < 1.29 is 98.5 Å². The van der Waals surface area contributed by atoms with Crippen molar-refractivity contribution in [1.29, 1.82) is 0 Å². The quantitative estimate of drug-likeness (QED) is 0.0186. The summed E-state index contributed by atoms with van der Waals surface area (Å²) in [6.45, 7) is 4.41. The molecule has 32 heteroatoms. The van der Waals surface area contributed by atoms with Crippen LogP contribution in [0.15, 0.2) is 24.3 Å². The molecule has 8 amide bonds. The summed E-state index contributed by atoms with van der Waals surface area (Å²) in [4.78, 5) is 122. The number of ether oxygens (including phenoxy) is 4. The Morgan fingerprint density at radius 3 is 1.64 bits per heavy atom. The van der Waals surface area contributed by atoms with E-state index in [0.717, 1.165) is 0 Å². The number of nitrogen functional groups attached to an aromatic ring is 1. The van der Waals surface area contributed by atoms with E-state index in [9.17, 15) is 79.5 Å². The molecule has 1 fully saturated rings. The summed E-state index contributed by atoms with van der Waals surface area (Å²) in [5.41, 5.74) is 10.6. The highest BCUT2D eigenvalue weighted by atomic mass is 32.2. The fraction of sp³-hybridized carbons (Fsp3) is 0.673. The molecule has 1 aliphatic carbocycles. The standard InChI is InChI=1S/C49H79N9O21S2/c1-48(2,31-81(73,74)75)37-27-49(37,3)28-41(62)58-80(71,72)26-6-8-38(59)52-18-20-76-23-25-79-30-43(64)57-36(47(69)70)14-16-40(61)56-35(46(67)68)13-15-39(60)53-19-21-77-22-24-78-29-42(63)55-34(44(51)65)7-4-5-17-54-45(66)32-9-11-33(50)12-10-32/h9-12,34-37H,4-8,13-31,50H2,1-3H3,(H2,51,65)(H,52,59)(H,53,60)(H,54,66)(H,55,63)(H,56,61)(H,57,64)(H,58,62)(H,67,68)(H,69,70)(H,73,74,75)/t34-,35?,36?,37?,49?/m0/s1. The number of hydrogen-bond acceptors (Lipinski definition) is 19. The minimum absolute atomic E-state index is 0.00892. The van der Waals surface area contributed by atoms with Crippen LogP contribution in [-0.4, -0.2) is 193 Å². The van der Waals surface area contributed by atoms with Crippen LogP contribution in [-0.2, 0) is 82.2 Å². The fourth-order valence-electron chi connectivity index (χ4n) is 8.42. The summed E-state index contributed by atoms with van der Waals surface area (Å²) in [5, 5.41) is 33.9. The molecule has 0 bridgehead atoms. The number of aliphatic carboxylic acids is 2. The third-order valence-electron chi connectivity index (χ3n) is 12.5. The number of anilines is 1. The van der Waals surface area contributed by atoms with Gasteiger partial charge in [-0.25, -0.2) is 18.0 Å². The Balaban J connectivity index is 1.51. The van der Waals surface area contributed by atoms with Crippen LogP contribution in [0.3, 0.4) is 0 Å². The molecule has 0 aromatic heterocycles. The molecule has 1 aromatic rings. The molecule has 2 rings (SSSR count). The Labute approximate surface area is 470 Å². The number of amides is 8. The number of carboxylic acids is 2. The number of unbranched alkanes of at least 4 members (excludes halogenated alkanes) is 1. The van der Waals surface area contributed by atoms with Crippen LogP contribution in [0.1, 0.15) is 102 Å². The summed E-state index contributed by atoms with van der Waals surface area (Å²) in [7, 11) is -8.32. The summed E-state index contributed by atoms with van der Waals surface area (Å²) in [6, 6.07) is 2.43. The van der Waals surface area contributed by atoms with Gasteiger partial charge in [0.1, 0.15) is 31.3 Å². The van der Waals surface area contributed by atoms with E-state index in [4.69, 9.17) is 30.4 Å². The van der Waals surface area contributed by atoms with E-state index in [-0.39, 0.29) is 110 Å². The minimum atomic E-state index is -4.26. The summed E-state index contributed by atoms with van der Waals surface area (Å²) in [5.74, 6) is -9.27. The van der Waals surface area contributed by atoms with Crippen molar-refractivity contribution in [3.63, 3.8) is 0 Å². The van der Waals surface area contributed by atoms with Gasteiger partial charge in [0.25, 0.3) is 16.0 Å². The number of nitrogens with two attached hydrogens (primary N) is 2. The van der Waals surface area contributed by atoms with E-state index in [2.05, 4.69) is 31.9 Å². The molecule has 0 aliphatic heterocycles. The first-order valence-electron chi connectivity index (χ1n) is 26.0. The van der Waals surface area contributed by atoms with Crippen molar-refractivity contribution in [3.8, 4) is 0 Å². The van der Waals surface area contributed by atoms with Crippen LogP contribution in [0.4, 0.5) is 5.69 Å². The predicted molar refractivity (Wildman–Crippen MR) is 287 cm³/mol. The second kappa shape index (κ2) is 35.3. The SMILES string of the molecule is CC(C)(CS(=O)(=O)O)C1CC1(C)CC(=O)NS(=O)(=O)CCCC(=O)NCCOCCOCC(=O)NC(CCC(=O)NC(CCC(=O)NCCOCCOCC(=O)N[C@@H](CCCCNC(=O)c1ccc(N)cc1)C(N)=O)C(=O)O)C(=O)O. The minimum Gasteiger partial charge on any atom is -0.480 e. The monoisotopic (exact) mass is 1190 g/mol. The zero-order chi connectivity index (χ0) is 60.8. The molecule has 458 valence electrons. The molecule has 0 spiro atoms. The Bertz CT molecular complexity index is 2520. The van der Waals surface area contributed by atoms with Crippen molar-refractivity contribution >= 4 is 85.0 Å². The van der Waals surface area contributed by atoms with Gasteiger partial charge in [0.15, 0.2) is 0 Å². The highest BCUT2D eigenvalue weighted by Gasteiger charge is 2.58. The van der Waals surface area contributed by atoms with E-state index in [0.29, 0.717) is 37.1 Å². The molecule has 1 aliphatic rings. The van der Waals surface area contributed by atoms with E-state index in [1.807, 2.05) is 4.72 Å². The van der Waals surface area contributed by atoms with Crippen LogP contribution in [0, 0.1) is 16.7 Å². The van der Waals surface area contributed by atoms with Crippen LogP contribution in [0.25, 0.3) is 0 Å². The summed E-state index contributed by atoms with van der Waals surface area (Å²) < 4.78 is 80.0. The Morgan fingerprint density at radius 1 is 0.630 bits per heavy atom. The van der Waals surface area contributed by atoms with E-state index >= 15 is 0 Å². The first kappa shape index (κ1) is 70.5. The van der Waals surface area contributed by atoms with E-state index in [1.165, 1.54) is 0 Å². The first-order valence-corrected chi connectivity index (χ1v) is 29.3. The zero-order valence-corrected chi connectivity index (χ0v) is 47.4. The molecular formula is C49H79N9O21S2. The zero-order valence-electron chi connectivity index (χ0n) is 45.8. The lowest BCUT2D eigenvalue weighted by molar-refractivity contribution is -0.144. The van der Waals surface area contributed by atoms with E-state index < -0.39 is 133 Å². The van der Waals surface area contributed by atoms with Crippen LogP contribution in [0.5, 0.6) is 0 Å².